The Kier molecular flexibility index (Phi) is 5.44. The number of ether oxygens (including phenoxy) is 2. The largest absolute Gasteiger partial charge is 0.495 e. The molecule has 0 aromatic heterocycles. The van der Waals surface area contributed by atoms with Gasteiger partial charge in [-0.05, 0) is 55.3 Å². The number of benzene rings is 2. The zero-order chi connectivity index (χ0) is 19.4. The average molecular weight is 386 g/mol. The SMILES string of the molecule is COc1ccc(C(=O)Oc2ccc(C#N)cc2)cc1S(=O)(=O)N1CCCC1. The molecule has 140 valence electrons. The second-order valence-electron chi connectivity index (χ2n) is 6.00. The van der Waals surface area contributed by atoms with E-state index in [0.29, 0.717) is 18.7 Å². The van der Waals surface area contributed by atoms with Gasteiger partial charge in [-0.15, -0.1) is 0 Å². The Morgan fingerprint density at radius 1 is 1.11 bits per heavy atom. The summed E-state index contributed by atoms with van der Waals surface area (Å²) in [6, 6.07) is 12.2. The van der Waals surface area contributed by atoms with E-state index in [4.69, 9.17) is 14.7 Å². The van der Waals surface area contributed by atoms with E-state index >= 15 is 0 Å². The third-order valence-corrected chi connectivity index (χ3v) is 6.20. The van der Waals surface area contributed by atoms with Crippen molar-refractivity contribution in [2.75, 3.05) is 20.2 Å². The molecule has 0 aliphatic carbocycles. The van der Waals surface area contributed by atoms with Gasteiger partial charge in [-0.3, -0.25) is 0 Å². The van der Waals surface area contributed by atoms with Gasteiger partial charge < -0.3 is 9.47 Å². The lowest BCUT2D eigenvalue weighted by molar-refractivity contribution is 0.0734. The molecule has 0 spiro atoms. The van der Waals surface area contributed by atoms with Gasteiger partial charge in [0.15, 0.2) is 0 Å². The summed E-state index contributed by atoms with van der Waals surface area (Å²) in [5, 5.41) is 8.80. The minimum Gasteiger partial charge on any atom is -0.495 e. The van der Waals surface area contributed by atoms with Crippen LogP contribution in [0.3, 0.4) is 0 Å². The van der Waals surface area contributed by atoms with Crippen molar-refractivity contribution >= 4 is 16.0 Å². The Balaban J connectivity index is 1.90. The first-order valence-corrected chi connectivity index (χ1v) is 9.80. The van der Waals surface area contributed by atoms with E-state index in [2.05, 4.69) is 0 Å². The molecule has 1 saturated heterocycles. The van der Waals surface area contributed by atoms with Crippen molar-refractivity contribution in [2.24, 2.45) is 0 Å². The van der Waals surface area contributed by atoms with E-state index in [-0.39, 0.29) is 22.0 Å². The highest BCUT2D eigenvalue weighted by atomic mass is 32.2. The molecule has 0 unspecified atom stereocenters. The second-order valence-corrected chi connectivity index (χ2v) is 7.91. The lowest BCUT2D eigenvalue weighted by atomic mass is 10.2. The standard InChI is InChI=1S/C19H18N2O5S/c1-25-17-9-6-15(12-18(17)27(23,24)21-10-2-3-11-21)19(22)26-16-7-4-14(13-20)5-8-16/h4-9,12H,2-3,10-11H2,1H3. The molecule has 0 radical (unpaired) electrons. The topological polar surface area (TPSA) is 96.7 Å². The molecule has 0 saturated carbocycles. The van der Waals surface area contributed by atoms with E-state index < -0.39 is 16.0 Å². The molecule has 8 heteroatoms. The zero-order valence-electron chi connectivity index (χ0n) is 14.7. The van der Waals surface area contributed by atoms with Gasteiger partial charge in [0.05, 0.1) is 24.3 Å². The molecular formula is C19H18N2O5S. The van der Waals surface area contributed by atoms with Crippen LogP contribution in [0.5, 0.6) is 11.5 Å². The van der Waals surface area contributed by atoms with Crippen LogP contribution >= 0.6 is 0 Å². The van der Waals surface area contributed by atoms with Crippen LogP contribution in [0.4, 0.5) is 0 Å². The third-order valence-electron chi connectivity index (χ3n) is 4.28. The maximum Gasteiger partial charge on any atom is 0.343 e. The molecule has 1 heterocycles. The Morgan fingerprint density at radius 2 is 1.78 bits per heavy atom. The molecule has 0 amide bonds. The summed E-state index contributed by atoms with van der Waals surface area (Å²) in [6.45, 7) is 0.900. The van der Waals surface area contributed by atoms with Gasteiger partial charge in [-0.25, -0.2) is 13.2 Å². The van der Waals surface area contributed by atoms with Gasteiger partial charge in [-0.2, -0.15) is 9.57 Å². The highest BCUT2D eigenvalue weighted by Crippen LogP contribution is 2.30. The number of methoxy groups -OCH3 is 1. The van der Waals surface area contributed by atoms with Crippen LogP contribution in [0.15, 0.2) is 47.4 Å². The Labute approximate surface area is 157 Å². The van der Waals surface area contributed by atoms with E-state index in [1.165, 1.54) is 53.9 Å². The molecule has 2 aromatic rings. The fraction of sp³-hybridized carbons (Fsp3) is 0.263. The number of carbonyl (C=O) groups excluding carboxylic acids is 1. The number of carbonyl (C=O) groups is 1. The molecule has 0 bridgehead atoms. The predicted molar refractivity (Wildman–Crippen MR) is 97.1 cm³/mol. The Bertz CT molecular complexity index is 988. The summed E-state index contributed by atoms with van der Waals surface area (Å²) in [5.41, 5.74) is 0.538. The predicted octanol–water partition coefficient (Wildman–Crippen LogP) is 2.57. The first-order chi connectivity index (χ1) is 13.0. The van der Waals surface area contributed by atoms with Gasteiger partial charge in [0.1, 0.15) is 16.4 Å². The Morgan fingerprint density at radius 3 is 2.37 bits per heavy atom. The lowest BCUT2D eigenvalue weighted by Crippen LogP contribution is -2.28. The van der Waals surface area contributed by atoms with Gasteiger partial charge in [0, 0.05) is 13.1 Å². The highest BCUT2D eigenvalue weighted by molar-refractivity contribution is 7.89. The van der Waals surface area contributed by atoms with Crippen LogP contribution < -0.4 is 9.47 Å². The van der Waals surface area contributed by atoms with Crippen LogP contribution in [-0.4, -0.2) is 38.9 Å². The summed E-state index contributed by atoms with van der Waals surface area (Å²) >= 11 is 0. The number of esters is 1. The van der Waals surface area contributed by atoms with Crippen LogP contribution in [0, 0.1) is 11.3 Å². The first kappa shape index (κ1) is 18.9. The molecule has 2 aromatic carbocycles. The number of rotatable bonds is 5. The minimum atomic E-state index is -3.75. The molecule has 1 aliphatic rings. The molecule has 7 nitrogen and oxygen atoms in total. The lowest BCUT2D eigenvalue weighted by Gasteiger charge is -2.18. The average Bonchev–Trinajstić information content (AvgIpc) is 3.23. The number of hydrogen-bond acceptors (Lipinski definition) is 6. The van der Waals surface area contributed by atoms with E-state index in [0.717, 1.165) is 12.8 Å². The molecule has 1 fully saturated rings. The Hall–Kier alpha value is -2.89. The van der Waals surface area contributed by atoms with Gasteiger partial charge in [0.2, 0.25) is 10.0 Å². The van der Waals surface area contributed by atoms with Gasteiger partial charge in [-0.1, -0.05) is 0 Å². The number of nitriles is 1. The molecule has 27 heavy (non-hydrogen) atoms. The van der Waals surface area contributed by atoms with E-state index in [9.17, 15) is 13.2 Å². The smallest absolute Gasteiger partial charge is 0.343 e. The summed E-state index contributed by atoms with van der Waals surface area (Å²) in [5.74, 6) is -0.254. The molecule has 0 N–H and O–H groups in total. The molecule has 3 rings (SSSR count). The quantitative estimate of drug-likeness (QED) is 0.579. The highest BCUT2D eigenvalue weighted by Gasteiger charge is 2.30. The van der Waals surface area contributed by atoms with Crippen molar-refractivity contribution in [1.29, 1.82) is 5.26 Å². The van der Waals surface area contributed by atoms with Crippen molar-refractivity contribution in [3.63, 3.8) is 0 Å². The van der Waals surface area contributed by atoms with Crippen LogP contribution in [0.25, 0.3) is 0 Å². The normalized spacial score (nSPS) is 14.5. The first-order valence-electron chi connectivity index (χ1n) is 8.36. The fourth-order valence-electron chi connectivity index (χ4n) is 2.84. The number of hydrogen-bond donors (Lipinski definition) is 0. The molecule has 1 aliphatic heterocycles. The molecular weight excluding hydrogens is 368 g/mol. The van der Waals surface area contributed by atoms with Gasteiger partial charge >= 0.3 is 5.97 Å². The summed E-state index contributed by atoms with van der Waals surface area (Å²) in [7, 11) is -2.37. The van der Waals surface area contributed by atoms with Crippen LogP contribution in [0.1, 0.15) is 28.8 Å². The summed E-state index contributed by atoms with van der Waals surface area (Å²) < 4.78 is 37.6. The molecule has 0 atom stereocenters. The number of sulfonamides is 1. The van der Waals surface area contributed by atoms with Crippen molar-refractivity contribution < 1.29 is 22.7 Å². The van der Waals surface area contributed by atoms with Crippen molar-refractivity contribution in [2.45, 2.75) is 17.7 Å². The van der Waals surface area contributed by atoms with Crippen LogP contribution in [0.2, 0.25) is 0 Å². The minimum absolute atomic E-state index is 0.0545. The number of nitrogens with zero attached hydrogens (tertiary/aromatic N) is 2. The van der Waals surface area contributed by atoms with Crippen molar-refractivity contribution in [3.8, 4) is 17.6 Å². The maximum atomic E-state index is 12.9. The van der Waals surface area contributed by atoms with E-state index in [1.54, 1.807) is 0 Å². The summed E-state index contributed by atoms with van der Waals surface area (Å²) in [6.07, 6.45) is 1.62. The monoisotopic (exact) mass is 386 g/mol. The maximum absolute atomic E-state index is 12.9. The third kappa shape index (κ3) is 3.94. The van der Waals surface area contributed by atoms with Crippen molar-refractivity contribution in [3.05, 3.63) is 53.6 Å². The van der Waals surface area contributed by atoms with Crippen LogP contribution in [-0.2, 0) is 10.0 Å². The van der Waals surface area contributed by atoms with E-state index in [1.807, 2.05) is 6.07 Å². The summed E-state index contributed by atoms with van der Waals surface area (Å²) in [4.78, 5) is 12.4. The van der Waals surface area contributed by atoms with Gasteiger partial charge in [0.25, 0.3) is 0 Å². The second kappa shape index (κ2) is 7.78. The fourth-order valence-corrected chi connectivity index (χ4v) is 4.53. The zero-order valence-corrected chi connectivity index (χ0v) is 15.5. The van der Waals surface area contributed by atoms with Crippen molar-refractivity contribution in [1.82, 2.24) is 4.31 Å².